The van der Waals surface area contributed by atoms with E-state index in [1.165, 1.54) is 5.56 Å². The normalized spacial score (nSPS) is 14.9. The Balaban J connectivity index is 1.57. The highest BCUT2D eigenvalue weighted by molar-refractivity contribution is 5.95. The average Bonchev–Trinajstić information content (AvgIpc) is 3.03. The third kappa shape index (κ3) is 5.33. The van der Waals surface area contributed by atoms with Crippen LogP contribution in [0.1, 0.15) is 39.3 Å². The maximum atomic E-state index is 12.9. The molecule has 0 unspecified atom stereocenters. The molecule has 0 aliphatic carbocycles. The van der Waals surface area contributed by atoms with E-state index in [1.54, 1.807) is 17.7 Å². The fourth-order valence-electron chi connectivity index (χ4n) is 3.69. The molecule has 0 radical (unpaired) electrons. The zero-order valence-electron chi connectivity index (χ0n) is 17.6. The molecule has 1 saturated heterocycles. The molecule has 8 heteroatoms. The Hall–Kier alpha value is -2.45. The number of aromatic amines is 1. The van der Waals surface area contributed by atoms with Crippen molar-refractivity contribution < 1.29 is 9.53 Å². The Morgan fingerprint density at radius 2 is 2.00 bits per heavy atom. The maximum Gasteiger partial charge on any atom is 0.263 e. The number of aryl methyl sites for hydroxylation is 3. The van der Waals surface area contributed by atoms with Crippen molar-refractivity contribution in [2.75, 3.05) is 39.4 Å². The van der Waals surface area contributed by atoms with Gasteiger partial charge in [-0.3, -0.25) is 19.6 Å². The summed E-state index contributed by atoms with van der Waals surface area (Å²) in [5, 5.41) is 10.1. The van der Waals surface area contributed by atoms with Gasteiger partial charge in [-0.25, -0.2) is 0 Å². The van der Waals surface area contributed by atoms with E-state index in [2.05, 4.69) is 20.4 Å². The smallest absolute Gasteiger partial charge is 0.263 e. The molecule has 0 aromatic carbocycles. The van der Waals surface area contributed by atoms with Crippen molar-refractivity contribution in [2.24, 2.45) is 0 Å². The molecule has 2 N–H and O–H groups in total. The van der Waals surface area contributed by atoms with Crippen LogP contribution < -0.4 is 10.9 Å². The highest BCUT2D eigenvalue weighted by Gasteiger charge is 2.17. The molecule has 0 atom stereocenters. The predicted molar refractivity (Wildman–Crippen MR) is 111 cm³/mol. The summed E-state index contributed by atoms with van der Waals surface area (Å²) >= 11 is 0. The van der Waals surface area contributed by atoms with E-state index in [9.17, 15) is 9.59 Å². The molecule has 3 heterocycles. The molecule has 2 aromatic rings. The second kappa shape index (κ2) is 9.84. The van der Waals surface area contributed by atoms with Gasteiger partial charge in [0.2, 0.25) is 0 Å². The summed E-state index contributed by atoms with van der Waals surface area (Å²) in [7, 11) is 0. The summed E-state index contributed by atoms with van der Waals surface area (Å²) in [6, 6.07) is 1.84. The Morgan fingerprint density at radius 3 is 2.69 bits per heavy atom. The SMILES string of the molecule is Cc1ccn(CCN2CCOCC2)c(=O)c1C(=O)NCCCc1c(C)n[nH]c1C. The van der Waals surface area contributed by atoms with Crippen molar-refractivity contribution >= 4 is 5.91 Å². The lowest BCUT2D eigenvalue weighted by Gasteiger charge is -2.26. The number of nitrogens with one attached hydrogen (secondary N) is 2. The van der Waals surface area contributed by atoms with Crippen molar-refractivity contribution in [3.63, 3.8) is 0 Å². The molecular weight excluding hydrogens is 370 g/mol. The van der Waals surface area contributed by atoms with Gasteiger partial charge in [0.25, 0.3) is 11.5 Å². The van der Waals surface area contributed by atoms with Crippen molar-refractivity contribution in [2.45, 2.75) is 40.2 Å². The number of hydrogen-bond donors (Lipinski definition) is 2. The topological polar surface area (TPSA) is 92.2 Å². The zero-order valence-corrected chi connectivity index (χ0v) is 17.6. The molecule has 0 bridgehead atoms. The third-order valence-corrected chi connectivity index (χ3v) is 5.53. The number of carbonyl (C=O) groups is 1. The molecule has 0 saturated carbocycles. The van der Waals surface area contributed by atoms with Gasteiger partial charge in [0.15, 0.2) is 0 Å². The van der Waals surface area contributed by atoms with E-state index in [0.717, 1.165) is 57.1 Å². The number of morpholine rings is 1. The first kappa shape index (κ1) is 21.3. The number of nitrogens with zero attached hydrogens (tertiary/aromatic N) is 3. The van der Waals surface area contributed by atoms with Crippen molar-refractivity contribution in [1.82, 2.24) is 25.0 Å². The van der Waals surface area contributed by atoms with Crippen LogP contribution in [0.25, 0.3) is 0 Å². The Labute approximate surface area is 171 Å². The Morgan fingerprint density at radius 1 is 1.24 bits per heavy atom. The molecular formula is C21H31N5O3. The molecule has 29 heavy (non-hydrogen) atoms. The largest absolute Gasteiger partial charge is 0.379 e. The van der Waals surface area contributed by atoms with Crippen molar-refractivity contribution in [1.29, 1.82) is 0 Å². The van der Waals surface area contributed by atoms with Gasteiger partial charge in [-0.1, -0.05) is 0 Å². The van der Waals surface area contributed by atoms with Crippen LogP contribution in [0, 0.1) is 20.8 Å². The summed E-state index contributed by atoms with van der Waals surface area (Å²) in [5.74, 6) is -0.297. The van der Waals surface area contributed by atoms with Gasteiger partial charge < -0.3 is 14.6 Å². The second-order valence-corrected chi connectivity index (χ2v) is 7.60. The lowest BCUT2D eigenvalue weighted by atomic mass is 10.1. The number of rotatable bonds is 8. The van der Waals surface area contributed by atoms with Crippen LogP contribution in [-0.4, -0.2) is 65.0 Å². The third-order valence-electron chi connectivity index (χ3n) is 5.53. The molecule has 8 nitrogen and oxygen atoms in total. The molecule has 1 fully saturated rings. The van der Waals surface area contributed by atoms with Crippen LogP contribution in [-0.2, 0) is 17.7 Å². The fourth-order valence-corrected chi connectivity index (χ4v) is 3.69. The van der Waals surface area contributed by atoms with Crippen LogP contribution in [0.3, 0.4) is 0 Å². The molecule has 1 amide bonds. The Bertz CT molecular complexity index is 877. The first-order valence-corrected chi connectivity index (χ1v) is 10.3. The first-order valence-electron chi connectivity index (χ1n) is 10.3. The van der Waals surface area contributed by atoms with Crippen LogP contribution >= 0.6 is 0 Å². The van der Waals surface area contributed by atoms with Crippen LogP contribution in [0.5, 0.6) is 0 Å². The van der Waals surface area contributed by atoms with Crippen LogP contribution in [0.4, 0.5) is 0 Å². The van der Waals surface area contributed by atoms with E-state index in [1.807, 2.05) is 19.9 Å². The van der Waals surface area contributed by atoms with Gasteiger partial charge in [0.1, 0.15) is 5.56 Å². The lowest BCUT2D eigenvalue weighted by Crippen LogP contribution is -2.40. The predicted octanol–water partition coefficient (Wildman–Crippen LogP) is 1.19. The average molecular weight is 402 g/mol. The van der Waals surface area contributed by atoms with Crippen LogP contribution in [0.2, 0.25) is 0 Å². The quantitative estimate of drug-likeness (QED) is 0.649. The zero-order chi connectivity index (χ0) is 20.8. The van der Waals surface area contributed by atoms with Gasteiger partial charge in [-0.15, -0.1) is 0 Å². The number of amides is 1. The molecule has 2 aromatic heterocycles. The van der Waals surface area contributed by atoms with Gasteiger partial charge in [0.05, 0.1) is 18.9 Å². The highest BCUT2D eigenvalue weighted by Crippen LogP contribution is 2.11. The molecule has 1 aliphatic rings. The monoisotopic (exact) mass is 401 g/mol. The second-order valence-electron chi connectivity index (χ2n) is 7.60. The van der Waals surface area contributed by atoms with E-state index in [-0.39, 0.29) is 17.0 Å². The summed E-state index contributed by atoms with van der Waals surface area (Å²) in [5.41, 5.74) is 3.98. The van der Waals surface area contributed by atoms with Gasteiger partial charge in [-0.05, 0) is 50.8 Å². The Kier molecular flexibility index (Phi) is 7.22. The van der Waals surface area contributed by atoms with Gasteiger partial charge >= 0.3 is 0 Å². The fraction of sp³-hybridized carbons (Fsp3) is 0.571. The molecule has 3 rings (SSSR count). The summed E-state index contributed by atoms with van der Waals surface area (Å²) in [6.45, 7) is 10.9. The van der Waals surface area contributed by atoms with E-state index < -0.39 is 0 Å². The maximum absolute atomic E-state index is 12.9. The summed E-state index contributed by atoms with van der Waals surface area (Å²) < 4.78 is 6.99. The number of hydrogen-bond acceptors (Lipinski definition) is 5. The van der Waals surface area contributed by atoms with E-state index in [0.29, 0.717) is 18.7 Å². The van der Waals surface area contributed by atoms with E-state index >= 15 is 0 Å². The number of aromatic nitrogens is 3. The molecule has 1 aliphatic heterocycles. The summed E-state index contributed by atoms with van der Waals surface area (Å²) in [6.07, 6.45) is 3.41. The highest BCUT2D eigenvalue weighted by atomic mass is 16.5. The minimum Gasteiger partial charge on any atom is -0.379 e. The number of pyridine rings is 1. The standard InChI is InChI=1S/C21H31N5O3/c1-15-6-8-26(10-9-25-11-13-29-14-12-25)21(28)19(15)20(27)22-7-4-5-18-16(2)23-24-17(18)3/h6,8H,4-5,7,9-14H2,1-3H3,(H,22,27)(H,23,24). The van der Waals surface area contributed by atoms with Crippen LogP contribution in [0.15, 0.2) is 17.1 Å². The first-order chi connectivity index (χ1) is 14.0. The molecule has 158 valence electrons. The minimum absolute atomic E-state index is 0.225. The van der Waals surface area contributed by atoms with Crippen molar-refractivity contribution in [3.8, 4) is 0 Å². The van der Waals surface area contributed by atoms with E-state index in [4.69, 9.17) is 4.74 Å². The lowest BCUT2D eigenvalue weighted by molar-refractivity contribution is 0.0362. The summed E-state index contributed by atoms with van der Waals surface area (Å²) in [4.78, 5) is 27.8. The number of H-pyrrole nitrogens is 1. The van der Waals surface area contributed by atoms with Gasteiger partial charge in [0, 0.05) is 44.6 Å². The number of carbonyl (C=O) groups excluding carboxylic acids is 1. The van der Waals surface area contributed by atoms with Crippen molar-refractivity contribution in [3.05, 3.63) is 50.7 Å². The molecule has 0 spiro atoms. The van der Waals surface area contributed by atoms with Gasteiger partial charge in [-0.2, -0.15) is 5.10 Å². The number of ether oxygens (including phenoxy) is 1. The minimum atomic E-state index is -0.297.